The van der Waals surface area contributed by atoms with Crippen molar-refractivity contribution in [2.24, 2.45) is 0 Å². The van der Waals surface area contributed by atoms with E-state index in [1.165, 1.54) is 39.4 Å². The summed E-state index contributed by atoms with van der Waals surface area (Å²) in [6.07, 6.45) is 4.82. The van der Waals surface area contributed by atoms with Crippen LogP contribution in [0.15, 0.2) is 24.3 Å². The zero-order chi connectivity index (χ0) is 21.7. The second kappa shape index (κ2) is 8.33. The maximum atomic E-state index is 6.41. The minimum atomic E-state index is 0.343. The van der Waals surface area contributed by atoms with Crippen LogP contribution in [0.5, 0.6) is 0 Å². The number of benzene rings is 1. The van der Waals surface area contributed by atoms with Crippen molar-refractivity contribution in [3.05, 3.63) is 45.5 Å². The highest BCUT2D eigenvalue weighted by atomic mass is 32.1. The third kappa shape index (κ3) is 3.69. The van der Waals surface area contributed by atoms with Crippen LogP contribution in [0.4, 0.5) is 5.82 Å². The summed E-state index contributed by atoms with van der Waals surface area (Å²) < 4.78 is 1.27. The number of nitrogen functional groups attached to an aromatic ring is 1. The van der Waals surface area contributed by atoms with Crippen molar-refractivity contribution in [1.29, 1.82) is 0 Å². The molecule has 3 aromatic heterocycles. The number of hydrogen-bond acceptors (Lipinski definition) is 8. The smallest absolute Gasteiger partial charge is 0.146 e. The van der Waals surface area contributed by atoms with Crippen LogP contribution >= 0.6 is 22.7 Å². The second-order valence-corrected chi connectivity index (χ2v) is 11.1. The lowest BCUT2D eigenvalue weighted by Gasteiger charge is -2.37. The third-order valence-corrected chi connectivity index (χ3v) is 9.27. The van der Waals surface area contributed by atoms with Gasteiger partial charge >= 0.3 is 0 Å². The van der Waals surface area contributed by atoms with Gasteiger partial charge in [-0.2, -0.15) is 0 Å². The number of nitrogens with zero attached hydrogens (tertiary/aromatic N) is 5. The lowest BCUT2D eigenvalue weighted by molar-refractivity contribution is 0.0962. The Morgan fingerprint density at radius 1 is 1.00 bits per heavy atom. The quantitative estimate of drug-likeness (QED) is 0.474. The Labute approximate surface area is 196 Å². The van der Waals surface area contributed by atoms with E-state index < -0.39 is 0 Å². The fourth-order valence-corrected chi connectivity index (χ4v) is 7.38. The predicted molar refractivity (Wildman–Crippen MR) is 133 cm³/mol. The number of hydrogen-bond donors (Lipinski definition) is 1. The summed E-state index contributed by atoms with van der Waals surface area (Å²) in [5.74, 6) is 1.54. The van der Waals surface area contributed by atoms with Crippen LogP contribution < -0.4 is 5.73 Å². The van der Waals surface area contributed by atoms with Gasteiger partial charge in [-0.25, -0.2) is 15.0 Å². The highest BCUT2D eigenvalue weighted by Gasteiger charge is 2.25. The molecule has 1 fully saturated rings. The first-order chi connectivity index (χ1) is 15.7. The van der Waals surface area contributed by atoms with E-state index in [1.54, 1.807) is 0 Å². The van der Waals surface area contributed by atoms with Gasteiger partial charge in [-0.1, -0.05) is 12.1 Å². The zero-order valence-electron chi connectivity index (χ0n) is 18.4. The largest absolute Gasteiger partial charge is 0.383 e. The van der Waals surface area contributed by atoms with Crippen LogP contribution in [0.1, 0.15) is 47.1 Å². The van der Waals surface area contributed by atoms with Gasteiger partial charge in [0.05, 0.1) is 28.2 Å². The average Bonchev–Trinajstić information content (AvgIpc) is 3.40. The maximum absolute atomic E-state index is 6.41. The number of aromatic nitrogens is 3. The van der Waals surface area contributed by atoms with Crippen LogP contribution in [-0.4, -0.2) is 50.9 Å². The SMILES string of the molecule is CC(c1nc2ccccc2s1)N1CCN(Cc2nc(N)c3c4c(sc3n2)CCCC4)CC1. The van der Waals surface area contributed by atoms with E-state index >= 15 is 0 Å². The molecule has 1 atom stereocenters. The van der Waals surface area contributed by atoms with E-state index in [0.29, 0.717) is 11.9 Å². The highest BCUT2D eigenvalue weighted by molar-refractivity contribution is 7.19. The monoisotopic (exact) mass is 464 g/mol. The second-order valence-electron chi connectivity index (χ2n) is 8.92. The number of para-hydroxylation sites is 1. The molecule has 6 nitrogen and oxygen atoms in total. The van der Waals surface area contributed by atoms with Gasteiger partial charge in [0.15, 0.2) is 0 Å². The topological polar surface area (TPSA) is 71.2 Å². The number of nitrogens with two attached hydrogens (primary N) is 1. The zero-order valence-corrected chi connectivity index (χ0v) is 20.0. The maximum Gasteiger partial charge on any atom is 0.146 e. The summed E-state index contributed by atoms with van der Waals surface area (Å²) in [6, 6.07) is 8.76. The molecule has 4 heterocycles. The van der Waals surface area contributed by atoms with Crippen LogP contribution in [-0.2, 0) is 19.4 Å². The fourth-order valence-electron chi connectivity index (χ4n) is 5.04. The molecule has 1 saturated heterocycles. The number of thiazole rings is 1. The Hall–Kier alpha value is -2.13. The molecule has 6 rings (SSSR count). The Balaban J connectivity index is 1.13. The van der Waals surface area contributed by atoms with Crippen LogP contribution in [0.25, 0.3) is 20.4 Å². The van der Waals surface area contributed by atoms with Crippen LogP contribution in [0.2, 0.25) is 0 Å². The minimum Gasteiger partial charge on any atom is -0.383 e. The number of anilines is 1. The summed E-state index contributed by atoms with van der Waals surface area (Å²) in [6.45, 7) is 7.13. The van der Waals surface area contributed by atoms with Crippen molar-refractivity contribution in [1.82, 2.24) is 24.8 Å². The molecule has 8 heteroatoms. The summed E-state index contributed by atoms with van der Waals surface area (Å²) in [4.78, 5) is 22.1. The average molecular weight is 465 g/mol. The molecule has 0 bridgehead atoms. The number of thiophene rings is 1. The van der Waals surface area contributed by atoms with Crippen molar-refractivity contribution in [3.63, 3.8) is 0 Å². The van der Waals surface area contributed by atoms with Gasteiger partial charge in [0.25, 0.3) is 0 Å². The van der Waals surface area contributed by atoms with Crippen molar-refractivity contribution < 1.29 is 0 Å². The molecule has 1 aliphatic carbocycles. The van der Waals surface area contributed by atoms with Gasteiger partial charge in [0.2, 0.25) is 0 Å². The van der Waals surface area contributed by atoms with Gasteiger partial charge in [-0.05, 0) is 50.3 Å². The van der Waals surface area contributed by atoms with E-state index in [0.717, 1.165) is 60.7 Å². The molecule has 2 N–H and O–H groups in total. The summed E-state index contributed by atoms with van der Waals surface area (Å²) in [7, 11) is 0. The first-order valence-corrected chi connectivity index (χ1v) is 13.2. The number of fused-ring (bicyclic) bond motifs is 4. The van der Waals surface area contributed by atoms with Crippen molar-refractivity contribution in [2.75, 3.05) is 31.9 Å². The Morgan fingerprint density at radius 2 is 1.81 bits per heavy atom. The molecule has 2 aliphatic rings. The summed E-state index contributed by atoms with van der Waals surface area (Å²) in [5.41, 5.74) is 8.94. The first-order valence-electron chi connectivity index (χ1n) is 11.5. The lowest BCUT2D eigenvalue weighted by Crippen LogP contribution is -2.46. The van der Waals surface area contributed by atoms with E-state index in [4.69, 9.17) is 20.7 Å². The van der Waals surface area contributed by atoms with E-state index in [9.17, 15) is 0 Å². The molecule has 1 unspecified atom stereocenters. The number of piperazine rings is 1. The van der Waals surface area contributed by atoms with Gasteiger partial charge < -0.3 is 5.73 Å². The molecule has 1 aliphatic heterocycles. The number of rotatable bonds is 4. The molecule has 1 aromatic carbocycles. The number of aryl methyl sites for hydroxylation is 2. The molecule has 32 heavy (non-hydrogen) atoms. The van der Waals surface area contributed by atoms with Gasteiger partial charge in [-0.15, -0.1) is 22.7 Å². The van der Waals surface area contributed by atoms with Gasteiger partial charge in [-0.3, -0.25) is 9.80 Å². The summed E-state index contributed by atoms with van der Waals surface area (Å²) >= 11 is 3.65. The normalized spacial score (nSPS) is 18.9. The molecule has 0 saturated carbocycles. The first kappa shape index (κ1) is 20.5. The Morgan fingerprint density at radius 3 is 2.66 bits per heavy atom. The molecular formula is C24H28N6S2. The molecule has 0 amide bonds. The standard InChI is InChI=1S/C24H28N6S2/c1-15(23-26-17-7-3-5-9-19(17)32-23)30-12-10-29(11-13-30)14-20-27-22(25)21-16-6-2-4-8-18(16)31-24(21)28-20/h3,5,7,9,15H,2,4,6,8,10-14H2,1H3,(H2,25,27,28). The summed E-state index contributed by atoms with van der Waals surface area (Å²) in [5, 5.41) is 2.34. The highest BCUT2D eigenvalue weighted by Crippen LogP contribution is 2.38. The van der Waals surface area contributed by atoms with Crippen molar-refractivity contribution in [2.45, 2.75) is 45.2 Å². The van der Waals surface area contributed by atoms with Gasteiger partial charge in [0.1, 0.15) is 21.5 Å². The van der Waals surface area contributed by atoms with Crippen LogP contribution in [0, 0.1) is 0 Å². The Bertz CT molecular complexity index is 1240. The fraction of sp³-hybridized carbons (Fsp3) is 0.458. The third-order valence-electron chi connectivity index (χ3n) is 6.88. The Kier molecular flexibility index (Phi) is 5.33. The molecular weight excluding hydrogens is 436 g/mol. The molecule has 0 spiro atoms. The predicted octanol–water partition coefficient (Wildman–Crippen LogP) is 4.64. The van der Waals surface area contributed by atoms with Gasteiger partial charge in [0, 0.05) is 31.1 Å². The van der Waals surface area contributed by atoms with E-state index in [1.807, 2.05) is 22.7 Å². The molecule has 0 radical (unpaired) electrons. The van der Waals surface area contributed by atoms with E-state index in [-0.39, 0.29) is 0 Å². The van der Waals surface area contributed by atoms with Crippen LogP contribution in [0.3, 0.4) is 0 Å². The van der Waals surface area contributed by atoms with Crippen molar-refractivity contribution in [3.8, 4) is 0 Å². The lowest BCUT2D eigenvalue weighted by atomic mass is 9.97. The van der Waals surface area contributed by atoms with E-state index in [2.05, 4.69) is 41.0 Å². The molecule has 4 aromatic rings. The minimum absolute atomic E-state index is 0.343. The van der Waals surface area contributed by atoms with Crippen molar-refractivity contribution >= 4 is 48.9 Å². The molecule has 166 valence electrons.